The van der Waals surface area contributed by atoms with Gasteiger partial charge in [-0.3, -0.25) is 10.6 Å². The van der Waals surface area contributed by atoms with E-state index in [1.54, 1.807) is 13.8 Å². The Morgan fingerprint density at radius 2 is 0.800 bits per heavy atom. The molecule has 0 saturated carbocycles. The quantitative estimate of drug-likeness (QED) is 0.196. The van der Waals surface area contributed by atoms with Crippen LogP contribution in [0.5, 0.6) is 0 Å². The van der Waals surface area contributed by atoms with Crippen LogP contribution < -0.4 is 10.6 Å². The lowest BCUT2D eigenvalue weighted by Gasteiger charge is -2.44. The second-order valence-electron chi connectivity index (χ2n) is 5.38. The van der Waals surface area contributed by atoms with Crippen LogP contribution in [0.3, 0.4) is 0 Å². The maximum Gasteiger partial charge on any atom is 0.0895 e. The molecule has 0 spiro atoms. The first kappa shape index (κ1) is 22.3. The molecule has 0 amide bonds. The van der Waals surface area contributed by atoms with Crippen LogP contribution in [0.4, 0.5) is 0 Å². The highest BCUT2D eigenvalue weighted by Gasteiger charge is 2.39. The molecule has 0 atom stereocenters. The van der Waals surface area contributed by atoms with Gasteiger partial charge in [-0.2, -0.15) is 0 Å². The van der Waals surface area contributed by atoms with Crippen molar-refractivity contribution in [1.82, 2.24) is 10.6 Å². The Bertz CT molecular complexity index is 219. The topological polar surface area (TPSA) is 145 Å². The molecule has 0 rings (SSSR count). The minimum atomic E-state index is -1.32. The predicted molar refractivity (Wildman–Crippen MR) is 75.6 cm³/mol. The van der Waals surface area contributed by atoms with E-state index in [0.29, 0.717) is 0 Å². The van der Waals surface area contributed by atoms with Crippen LogP contribution >= 0.6 is 12.4 Å². The molecule has 0 aliphatic heterocycles. The van der Waals surface area contributed by atoms with Crippen LogP contribution in [0.15, 0.2) is 0 Å². The monoisotopic (exact) mass is 318 g/mol. The van der Waals surface area contributed by atoms with Crippen molar-refractivity contribution in [3.63, 3.8) is 0 Å². The molecule has 0 fully saturated rings. The van der Waals surface area contributed by atoms with Gasteiger partial charge in [0.25, 0.3) is 0 Å². The van der Waals surface area contributed by atoms with Crippen molar-refractivity contribution in [1.29, 1.82) is 0 Å². The van der Waals surface area contributed by atoms with E-state index in [2.05, 4.69) is 10.6 Å². The number of hydrogen-bond donors (Lipinski definition) is 8. The zero-order valence-electron chi connectivity index (χ0n) is 11.8. The first-order chi connectivity index (χ1) is 8.78. The van der Waals surface area contributed by atoms with E-state index >= 15 is 0 Å². The van der Waals surface area contributed by atoms with Gasteiger partial charge in [0.1, 0.15) is 0 Å². The fourth-order valence-corrected chi connectivity index (χ4v) is 1.89. The number of rotatable bonds is 10. The van der Waals surface area contributed by atoms with Crippen molar-refractivity contribution in [3.8, 4) is 0 Å². The van der Waals surface area contributed by atoms with Gasteiger partial charge in [0.2, 0.25) is 0 Å². The number of nitrogens with one attached hydrogen (secondary N) is 2. The van der Waals surface area contributed by atoms with Gasteiger partial charge in [-0.25, -0.2) is 0 Å². The third-order valence-electron chi connectivity index (χ3n) is 2.97. The van der Waals surface area contributed by atoms with Gasteiger partial charge >= 0.3 is 0 Å². The summed E-state index contributed by atoms with van der Waals surface area (Å²) in [6.07, 6.45) is 0. The lowest BCUT2D eigenvalue weighted by Crippen LogP contribution is -2.72. The Labute approximate surface area is 124 Å². The minimum absolute atomic E-state index is 0. The average molecular weight is 319 g/mol. The van der Waals surface area contributed by atoms with Gasteiger partial charge < -0.3 is 30.6 Å². The van der Waals surface area contributed by atoms with Gasteiger partial charge in [-0.05, 0) is 13.8 Å². The van der Waals surface area contributed by atoms with Crippen LogP contribution in [0.25, 0.3) is 0 Å². The average Bonchev–Trinajstić information content (AvgIpc) is 2.42. The Balaban J connectivity index is 0. The first-order valence-corrected chi connectivity index (χ1v) is 6.02. The summed E-state index contributed by atoms with van der Waals surface area (Å²) in [5.74, 6) is 0. The Morgan fingerprint density at radius 3 is 0.950 bits per heavy atom. The zero-order valence-corrected chi connectivity index (χ0v) is 12.7. The molecule has 0 aromatic heterocycles. The van der Waals surface area contributed by atoms with E-state index < -0.39 is 56.4 Å². The van der Waals surface area contributed by atoms with E-state index in [4.69, 9.17) is 0 Å². The molecule has 0 aromatic rings. The normalized spacial score (nSPS) is 13.2. The molecule has 0 aliphatic rings. The molecule has 9 heteroatoms. The van der Waals surface area contributed by atoms with Gasteiger partial charge in [0.15, 0.2) is 0 Å². The maximum absolute atomic E-state index is 9.25. The van der Waals surface area contributed by atoms with Crippen LogP contribution in [0, 0.1) is 0 Å². The second-order valence-corrected chi connectivity index (χ2v) is 5.38. The fraction of sp³-hybridized carbons (Fsp3) is 1.00. The second kappa shape index (κ2) is 9.08. The third kappa shape index (κ3) is 5.76. The standard InChI is InChI=1S/C11H26N2O6.ClH/c1-9(2,12-10(3-14,4-15)5-16)13-11(6-17,7-18)8-19;/h12-19H,3-8H2,1-2H3;1H. The van der Waals surface area contributed by atoms with Crippen molar-refractivity contribution >= 4 is 12.4 Å². The Morgan fingerprint density at radius 1 is 0.600 bits per heavy atom. The molecule has 0 radical (unpaired) electrons. The van der Waals surface area contributed by atoms with Crippen LogP contribution in [-0.2, 0) is 0 Å². The van der Waals surface area contributed by atoms with Crippen LogP contribution in [0.2, 0.25) is 0 Å². The predicted octanol–water partition coefficient (Wildman–Crippen LogP) is -3.25. The van der Waals surface area contributed by atoms with Crippen molar-refractivity contribution in [2.75, 3.05) is 39.6 Å². The smallest absolute Gasteiger partial charge is 0.0895 e. The number of halogens is 1. The molecule has 124 valence electrons. The van der Waals surface area contributed by atoms with E-state index in [-0.39, 0.29) is 12.4 Å². The van der Waals surface area contributed by atoms with Gasteiger partial charge in [0, 0.05) is 0 Å². The molecule has 8 nitrogen and oxygen atoms in total. The lowest BCUT2D eigenvalue weighted by molar-refractivity contribution is -0.0172. The Hall–Kier alpha value is -0.0300. The highest BCUT2D eigenvalue weighted by molar-refractivity contribution is 5.85. The van der Waals surface area contributed by atoms with E-state index in [1.807, 2.05) is 0 Å². The molecule has 0 aromatic carbocycles. The minimum Gasteiger partial charge on any atom is -0.394 e. The van der Waals surface area contributed by atoms with E-state index in [9.17, 15) is 30.6 Å². The number of aliphatic hydroxyl groups is 6. The van der Waals surface area contributed by atoms with E-state index in [1.165, 1.54) is 0 Å². The molecule has 8 N–H and O–H groups in total. The first-order valence-electron chi connectivity index (χ1n) is 6.02. The molecule has 0 unspecified atom stereocenters. The molecule has 0 heterocycles. The zero-order chi connectivity index (χ0) is 15.2. The Kier molecular flexibility index (Phi) is 10.1. The summed E-state index contributed by atoms with van der Waals surface area (Å²) in [6.45, 7) is 0.220. The lowest BCUT2D eigenvalue weighted by atomic mass is 9.96. The maximum atomic E-state index is 9.25. The summed E-state index contributed by atoms with van der Waals surface area (Å²) in [5.41, 5.74) is -3.62. The SMILES string of the molecule is CC(C)(NC(CO)(CO)CO)NC(CO)(CO)CO.Cl. The van der Waals surface area contributed by atoms with Crippen molar-refractivity contribution in [3.05, 3.63) is 0 Å². The summed E-state index contributed by atoms with van der Waals surface area (Å²) < 4.78 is 0. The summed E-state index contributed by atoms with van der Waals surface area (Å²) >= 11 is 0. The van der Waals surface area contributed by atoms with E-state index in [0.717, 1.165) is 0 Å². The van der Waals surface area contributed by atoms with Crippen molar-refractivity contribution in [2.45, 2.75) is 30.6 Å². The van der Waals surface area contributed by atoms with Gasteiger partial charge in [-0.1, -0.05) is 0 Å². The van der Waals surface area contributed by atoms with Crippen LogP contribution in [0.1, 0.15) is 13.8 Å². The highest BCUT2D eigenvalue weighted by atomic mass is 35.5. The van der Waals surface area contributed by atoms with Crippen LogP contribution in [-0.4, -0.2) is 87.0 Å². The van der Waals surface area contributed by atoms with Crippen molar-refractivity contribution < 1.29 is 30.6 Å². The van der Waals surface area contributed by atoms with Crippen molar-refractivity contribution in [2.24, 2.45) is 0 Å². The largest absolute Gasteiger partial charge is 0.394 e. The van der Waals surface area contributed by atoms with Gasteiger partial charge in [-0.15, -0.1) is 12.4 Å². The molecular formula is C11H27ClN2O6. The molecule has 0 aliphatic carbocycles. The summed E-state index contributed by atoms with van der Waals surface area (Å²) in [4.78, 5) is 0. The molecule has 0 saturated heterocycles. The highest BCUT2D eigenvalue weighted by Crippen LogP contribution is 2.14. The molecular weight excluding hydrogens is 292 g/mol. The molecule has 0 bridgehead atoms. The number of aliphatic hydroxyl groups excluding tert-OH is 6. The third-order valence-corrected chi connectivity index (χ3v) is 2.97. The summed E-state index contributed by atoms with van der Waals surface area (Å²) in [7, 11) is 0. The fourth-order valence-electron chi connectivity index (χ4n) is 1.89. The molecule has 20 heavy (non-hydrogen) atoms. The summed E-state index contributed by atoms with van der Waals surface area (Å²) in [5, 5.41) is 61.1. The van der Waals surface area contributed by atoms with Gasteiger partial charge in [0.05, 0.1) is 56.4 Å². The number of hydrogen-bond acceptors (Lipinski definition) is 8. The summed E-state index contributed by atoms with van der Waals surface area (Å²) in [6, 6.07) is 0.